The van der Waals surface area contributed by atoms with Gasteiger partial charge in [0, 0.05) is 0 Å². The second kappa shape index (κ2) is 9.22. The fourth-order valence-electron chi connectivity index (χ4n) is 5.64. The quantitative estimate of drug-likeness (QED) is 0.161. The van der Waals surface area contributed by atoms with Crippen LogP contribution in [0.4, 0.5) is 0 Å². The van der Waals surface area contributed by atoms with Gasteiger partial charge in [0.15, 0.2) is 0 Å². The standard InChI is InChI=1S/C40H26/c1-3-13-27(14-4-1)29-23-24-30-26-38(32-18-8-7-17-31(32)37(30)25-29)40-35-21-11-9-19-33(35)39(28-15-5-2-6-16-28)34-20-10-12-22-36(34)40/h1-26H/i2D,5D,6D,9D,10D,11D,12D,15D,16D,19D,20D,21D,22D. The second-order valence-electron chi connectivity index (χ2n) is 9.52. The monoisotopic (exact) mass is 519 g/mol. The van der Waals surface area contributed by atoms with Gasteiger partial charge in [0.05, 0.1) is 17.8 Å². The van der Waals surface area contributed by atoms with Crippen LogP contribution in [0, 0.1) is 0 Å². The lowest BCUT2D eigenvalue weighted by molar-refractivity contribution is 1.65. The Bertz CT molecular complexity index is 2810. The lowest BCUT2D eigenvalue weighted by Crippen LogP contribution is -1.92. The minimum Gasteiger partial charge on any atom is -0.0622 e. The van der Waals surface area contributed by atoms with E-state index < -0.39 is 84.1 Å². The zero-order chi connectivity index (χ0) is 37.8. The Labute approximate surface area is 252 Å². The predicted molar refractivity (Wildman–Crippen MR) is 173 cm³/mol. The zero-order valence-electron chi connectivity index (χ0n) is 34.0. The first-order chi connectivity index (χ1) is 25.3. The van der Waals surface area contributed by atoms with Gasteiger partial charge in [0.2, 0.25) is 0 Å². The van der Waals surface area contributed by atoms with E-state index in [0.717, 1.165) is 27.3 Å². The van der Waals surface area contributed by atoms with Crippen molar-refractivity contribution in [2.75, 3.05) is 0 Å². The molecule has 0 radical (unpaired) electrons. The first kappa shape index (κ1) is 13.2. The smallest absolute Gasteiger partial charge is 0.0622 e. The highest BCUT2D eigenvalue weighted by molar-refractivity contribution is 6.25. The van der Waals surface area contributed by atoms with Crippen molar-refractivity contribution in [3.05, 3.63) is 157 Å². The lowest BCUT2D eigenvalue weighted by Gasteiger charge is -2.19. The first-order valence-electron chi connectivity index (χ1n) is 19.3. The molecule has 0 aliphatic heterocycles. The molecule has 0 atom stereocenters. The van der Waals surface area contributed by atoms with Gasteiger partial charge >= 0.3 is 0 Å². The van der Waals surface area contributed by atoms with Crippen molar-refractivity contribution in [3.8, 4) is 33.4 Å². The molecule has 8 rings (SSSR count). The van der Waals surface area contributed by atoms with Gasteiger partial charge in [-0.25, -0.2) is 0 Å². The molecule has 0 aliphatic carbocycles. The van der Waals surface area contributed by atoms with E-state index in [1.54, 1.807) is 0 Å². The van der Waals surface area contributed by atoms with Gasteiger partial charge in [-0.05, 0) is 88.6 Å². The van der Waals surface area contributed by atoms with Crippen LogP contribution in [0.15, 0.2) is 157 Å². The SMILES string of the molecule is [2H]c1c([2H])c([2H])c(-c2c3c([2H])c([2H])c([2H])c([2H])c3c(-c3cc4ccc(-c5ccccc5)cc4c4ccccc34)c3c([2H])c([2H])c([2H])c([2H])c23)c([2H])c1[2H]. The van der Waals surface area contributed by atoms with Crippen molar-refractivity contribution in [1.82, 2.24) is 0 Å². The van der Waals surface area contributed by atoms with Crippen molar-refractivity contribution in [2.45, 2.75) is 0 Å². The first-order valence-corrected chi connectivity index (χ1v) is 12.8. The number of hydrogen-bond donors (Lipinski definition) is 0. The predicted octanol–water partition coefficient (Wildman–Crippen LogP) is 11.3. The maximum absolute atomic E-state index is 9.31. The Morgan fingerprint density at radius 3 is 1.60 bits per heavy atom. The van der Waals surface area contributed by atoms with Crippen LogP contribution in [0.3, 0.4) is 0 Å². The third kappa shape index (κ3) is 3.54. The fourth-order valence-corrected chi connectivity index (χ4v) is 5.64. The summed E-state index contributed by atoms with van der Waals surface area (Å²) in [6.07, 6.45) is 0. The van der Waals surface area contributed by atoms with E-state index in [4.69, 9.17) is 12.3 Å². The van der Waals surface area contributed by atoms with E-state index in [-0.39, 0.29) is 32.7 Å². The molecule has 0 heteroatoms. The molecule has 0 spiro atoms. The molecule has 0 unspecified atom stereocenters. The molecular formula is C40H26. The summed E-state index contributed by atoms with van der Waals surface area (Å²) in [4.78, 5) is 0. The summed E-state index contributed by atoms with van der Waals surface area (Å²) in [5, 5.41) is 2.39. The van der Waals surface area contributed by atoms with E-state index in [0.29, 0.717) is 10.9 Å². The lowest BCUT2D eigenvalue weighted by atomic mass is 9.83. The van der Waals surface area contributed by atoms with Crippen LogP contribution >= 0.6 is 0 Å². The summed E-state index contributed by atoms with van der Waals surface area (Å²) in [6, 6.07) is 16.9. The van der Waals surface area contributed by atoms with Crippen molar-refractivity contribution in [3.63, 3.8) is 0 Å². The fraction of sp³-hybridized carbons (Fsp3) is 0. The molecule has 0 aliphatic rings. The minimum atomic E-state index is -0.705. The maximum atomic E-state index is 9.31. The Hall–Kier alpha value is -5.20. The average molecular weight is 520 g/mol. The van der Waals surface area contributed by atoms with Crippen molar-refractivity contribution in [2.24, 2.45) is 0 Å². The Balaban J connectivity index is 1.68. The van der Waals surface area contributed by atoms with Crippen LogP contribution in [0.25, 0.3) is 76.5 Å². The highest BCUT2D eigenvalue weighted by Crippen LogP contribution is 2.46. The third-order valence-corrected chi connectivity index (χ3v) is 7.36. The topological polar surface area (TPSA) is 0 Å². The van der Waals surface area contributed by atoms with E-state index in [1.807, 2.05) is 72.8 Å². The van der Waals surface area contributed by atoms with Crippen molar-refractivity contribution < 1.29 is 17.8 Å². The summed E-state index contributed by atoms with van der Waals surface area (Å²) < 4.78 is 115. The van der Waals surface area contributed by atoms with E-state index in [9.17, 15) is 5.48 Å². The molecule has 0 heterocycles. The Morgan fingerprint density at radius 2 is 0.925 bits per heavy atom. The summed E-state index contributed by atoms with van der Waals surface area (Å²) in [6.45, 7) is 0. The molecule has 0 saturated heterocycles. The number of fused-ring (bicyclic) bond motifs is 5. The van der Waals surface area contributed by atoms with Gasteiger partial charge in [-0.3, -0.25) is 0 Å². The molecule has 0 nitrogen and oxygen atoms in total. The summed E-state index contributed by atoms with van der Waals surface area (Å²) >= 11 is 0. The van der Waals surface area contributed by atoms with Crippen LogP contribution in [0.1, 0.15) is 17.8 Å². The van der Waals surface area contributed by atoms with Gasteiger partial charge in [-0.2, -0.15) is 0 Å². The van der Waals surface area contributed by atoms with Crippen molar-refractivity contribution in [1.29, 1.82) is 0 Å². The van der Waals surface area contributed by atoms with Gasteiger partial charge in [0.1, 0.15) is 0 Å². The summed E-state index contributed by atoms with van der Waals surface area (Å²) in [5.74, 6) is 0. The van der Waals surface area contributed by atoms with Crippen LogP contribution in [0.2, 0.25) is 0 Å². The zero-order valence-corrected chi connectivity index (χ0v) is 21.0. The van der Waals surface area contributed by atoms with Crippen LogP contribution in [0.5, 0.6) is 0 Å². The van der Waals surface area contributed by atoms with Gasteiger partial charge < -0.3 is 0 Å². The molecule has 0 N–H and O–H groups in total. The molecule has 0 bridgehead atoms. The number of hydrogen-bond acceptors (Lipinski definition) is 0. The maximum Gasteiger partial charge on any atom is 0.0629 e. The molecular weight excluding hydrogens is 480 g/mol. The highest BCUT2D eigenvalue weighted by Gasteiger charge is 2.18. The summed E-state index contributed by atoms with van der Waals surface area (Å²) in [7, 11) is 0. The Morgan fingerprint density at radius 1 is 0.350 bits per heavy atom. The average Bonchev–Trinajstić information content (AvgIpc) is 3.18. The highest BCUT2D eigenvalue weighted by atomic mass is 14.2. The second-order valence-corrected chi connectivity index (χ2v) is 9.52. The third-order valence-electron chi connectivity index (χ3n) is 7.36. The van der Waals surface area contributed by atoms with E-state index in [1.165, 1.54) is 0 Å². The minimum absolute atomic E-state index is 0.107. The number of benzene rings is 8. The van der Waals surface area contributed by atoms with Gasteiger partial charge in [0.25, 0.3) is 0 Å². The van der Waals surface area contributed by atoms with Crippen LogP contribution in [-0.4, -0.2) is 0 Å². The largest absolute Gasteiger partial charge is 0.0629 e. The molecule has 40 heavy (non-hydrogen) atoms. The molecule has 8 aromatic carbocycles. The molecule has 0 saturated carbocycles. The molecule has 186 valence electrons. The number of rotatable bonds is 3. The van der Waals surface area contributed by atoms with Gasteiger partial charge in [-0.15, -0.1) is 0 Å². The molecule has 0 fully saturated rings. The van der Waals surface area contributed by atoms with E-state index >= 15 is 0 Å². The van der Waals surface area contributed by atoms with E-state index in [2.05, 4.69) is 6.07 Å². The summed E-state index contributed by atoms with van der Waals surface area (Å²) in [5.41, 5.74) is 1.78. The Kier molecular flexibility index (Phi) is 3.05. The van der Waals surface area contributed by atoms with Gasteiger partial charge in [-0.1, -0.05) is 145 Å². The molecule has 0 amide bonds. The van der Waals surface area contributed by atoms with Crippen LogP contribution < -0.4 is 0 Å². The molecule has 0 aromatic heterocycles. The molecule has 8 aromatic rings. The normalized spacial score (nSPS) is 16.1. The van der Waals surface area contributed by atoms with Crippen LogP contribution in [-0.2, 0) is 0 Å². The van der Waals surface area contributed by atoms with Crippen molar-refractivity contribution >= 4 is 43.1 Å².